The normalized spacial score (nSPS) is 26.6. The Morgan fingerprint density at radius 1 is 0.936 bits per heavy atom. The Morgan fingerprint density at radius 2 is 1.57 bits per heavy atom. The van der Waals surface area contributed by atoms with Gasteiger partial charge in [0.2, 0.25) is 21.8 Å². The third-order valence-electron chi connectivity index (χ3n) is 10.0. The van der Waals surface area contributed by atoms with Gasteiger partial charge in [0.25, 0.3) is 5.92 Å². The van der Waals surface area contributed by atoms with E-state index in [2.05, 4.69) is 4.98 Å². The second-order valence-corrected chi connectivity index (χ2v) is 15.6. The Bertz CT molecular complexity index is 1570. The average Bonchev–Trinajstić information content (AvgIpc) is 3.49. The van der Waals surface area contributed by atoms with Crippen LogP contribution in [0.15, 0.2) is 41.3 Å². The molecule has 3 aliphatic heterocycles. The molecule has 3 saturated heterocycles. The summed E-state index contributed by atoms with van der Waals surface area (Å²) in [6, 6.07) is 8.51. The van der Waals surface area contributed by atoms with Crippen LogP contribution in [0.2, 0.25) is 5.15 Å². The number of nitrogens with two attached hydrogens (primary N) is 2. The first kappa shape index (κ1) is 34.0. The molecule has 256 valence electrons. The number of pyridine rings is 1. The predicted molar refractivity (Wildman–Crippen MR) is 175 cm³/mol. The minimum Gasteiger partial charge on any atom is -0.354 e. The van der Waals surface area contributed by atoms with Gasteiger partial charge in [-0.1, -0.05) is 11.6 Å². The van der Waals surface area contributed by atoms with E-state index < -0.39 is 21.9 Å². The van der Waals surface area contributed by atoms with Crippen LogP contribution in [0, 0.1) is 11.8 Å². The molecule has 0 unspecified atom stereocenters. The van der Waals surface area contributed by atoms with E-state index in [0.717, 1.165) is 6.42 Å². The quantitative estimate of drug-likeness (QED) is 0.421. The monoisotopic (exact) mass is 693 g/mol. The molecule has 1 aromatic carbocycles. The highest BCUT2D eigenvalue weighted by Crippen LogP contribution is 2.46. The van der Waals surface area contributed by atoms with Crippen molar-refractivity contribution in [2.24, 2.45) is 23.3 Å². The summed E-state index contributed by atoms with van der Waals surface area (Å²) in [5, 5.41) is -0.0644. The van der Waals surface area contributed by atoms with E-state index in [0.29, 0.717) is 51.0 Å². The lowest BCUT2D eigenvalue weighted by atomic mass is 9.76. The van der Waals surface area contributed by atoms with Crippen LogP contribution >= 0.6 is 11.6 Å². The number of alkyl halides is 2. The number of piperazine rings is 1. The number of benzene rings is 1. The number of nitrogens with zero attached hydrogens (tertiary/aromatic N) is 5. The zero-order valence-corrected chi connectivity index (χ0v) is 27.8. The van der Waals surface area contributed by atoms with Gasteiger partial charge in [-0.25, -0.2) is 22.2 Å². The van der Waals surface area contributed by atoms with E-state index in [1.807, 2.05) is 0 Å². The van der Waals surface area contributed by atoms with E-state index in [1.54, 1.807) is 26.8 Å². The van der Waals surface area contributed by atoms with Gasteiger partial charge in [-0.15, -0.1) is 0 Å². The highest BCUT2D eigenvalue weighted by atomic mass is 35.5. The van der Waals surface area contributed by atoms with Crippen molar-refractivity contribution < 1.29 is 26.8 Å². The van der Waals surface area contributed by atoms with Gasteiger partial charge in [0, 0.05) is 87.4 Å². The van der Waals surface area contributed by atoms with Crippen LogP contribution < -0.4 is 21.3 Å². The molecular weight excluding hydrogens is 652 g/mol. The number of hydrogen-bond donors (Lipinski definition) is 2. The molecule has 2 amide bonds. The number of likely N-dealkylation sites (tertiary alicyclic amines) is 1. The summed E-state index contributed by atoms with van der Waals surface area (Å²) in [6.07, 6.45) is 3.03. The molecule has 2 atom stereocenters. The van der Waals surface area contributed by atoms with E-state index >= 15 is 8.78 Å². The van der Waals surface area contributed by atoms with Crippen molar-refractivity contribution in [3.63, 3.8) is 0 Å². The van der Waals surface area contributed by atoms with Gasteiger partial charge >= 0.3 is 0 Å². The minimum absolute atomic E-state index is 0.0244. The number of aromatic nitrogens is 1. The number of halogens is 3. The first-order valence-electron chi connectivity index (χ1n) is 16.3. The van der Waals surface area contributed by atoms with E-state index in [9.17, 15) is 18.0 Å². The first-order chi connectivity index (χ1) is 22.3. The fraction of sp³-hybridized carbons (Fsp3) is 0.594. The summed E-state index contributed by atoms with van der Waals surface area (Å²) < 4.78 is 60.1. The lowest BCUT2D eigenvalue weighted by Gasteiger charge is -2.39. The van der Waals surface area contributed by atoms with Crippen LogP contribution in [-0.4, -0.2) is 92.3 Å². The molecule has 4 N–H and O–H groups in total. The summed E-state index contributed by atoms with van der Waals surface area (Å²) in [7, 11) is -3.80. The molecule has 15 heteroatoms. The number of sulfonamides is 1. The van der Waals surface area contributed by atoms with Crippen molar-refractivity contribution in [3.05, 3.63) is 47.1 Å². The van der Waals surface area contributed by atoms with Gasteiger partial charge in [-0.3, -0.25) is 9.59 Å². The van der Waals surface area contributed by atoms with Gasteiger partial charge in [-0.05, 0) is 74.9 Å². The molecule has 4 fully saturated rings. The van der Waals surface area contributed by atoms with Crippen molar-refractivity contribution in [2.45, 2.75) is 67.8 Å². The van der Waals surface area contributed by atoms with Crippen LogP contribution in [0.3, 0.4) is 0 Å². The lowest BCUT2D eigenvalue weighted by Crippen LogP contribution is -2.55. The van der Waals surface area contributed by atoms with Crippen LogP contribution in [-0.2, 0) is 25.5 Å². The van der Waals surface area contributed by atoms with Crippen LogP contribution in [0.1, 0.15) is 50.5 Å². The SMILES string of the molecule is N[C@@H]1C[C@H](N)CN(C(=O)[C@H]2CC[C@H](C(F)(F)c3cc(Cl)nc(N4CCN(S(=O)(=O)c5ccc(N6CCCC6=O)cc5)CC4)c3)CC2)C1. The molecule has 0 bridgehead atoms. The van der Waals surface area contributed by atoms with Gasteiger partial charge in [0.15, 0.2) is 0 Å². The maximum absolute atomic E-state index is 16.0. The van der Waals surface area contributed by atoms with E-state index in [4.69, 9.17) is 23.1 Å². The molecule has 0 spiro atoms. The standard InChI is InChI=1S/C32H42ClF2N7O4S/c33-28-16-23(32(34,35)22-5-3-21(4-6-22)31(44)40-19-24(36)18-25(37)20-40)17-29(38-28)39-12-14-41(15-13-39)47(45,46)27-9-7-26(8-10-27)42-11-1-2-30(42)43/h7-10,16-17,21-22,24-25H,1-6,11-15,18-20,36-37H2/t21-,22-,24-,25+. The van der Waals surface area contributed by atoms with Crippen molar-refractivity contribution in [3.8, 4) is 0 Å². The zero-order valence-electron chi connectivity index (χ0n) is 26.2. The highest BCUT2D eigenvalue weighted by molar-refractivity contribution is 7.89. The third kappa shape index (κ3) is 7.12. The van der Waals surface area contributed by atoms with Crippen molar-refractivity contribution in [2.75, 3.05) is 55.6 Å². The number of anilines is 2. The average molecular weight is 694 g/mol. The summed E-state index contributed by atoms with van der Waals surface area (Å²) in [6.45, 7) is 2.26. The topological polar surface area (TPSA) is 146 Å². The second kappa shape index (κ2) is 13.5. The van der Waals surface area contributed by atoms with Crippen molar-refractivity contribution >= 4 is 44.9 Å². The van der Waals surface area contributed by atoms with Crippen LogP contribution in [0.5, 0.6) is 0 Å². The Morgan fingerprint density at radius 3 is 2.17 bits per heavy atom. The van der Waals surface area contributed by atoms with Gasteiger partial charge < -0.3 is 26.2 Å². The van der Waals surface area contributed by atoms with Crippen LogP contribution in [0.25, 0.3) is 0 Å². The molecule has 4 heterocycles. The fourth-order valence-electron chi connectivity index (χ4n) is 7.42. The Labute approximate surface area is 279 Å². The van der Waals surface area contributed by atoms with Gasteiger partial charge in [0.05, 0.1) is 4.90 Å². The molecule has 1 aromatic heterocycles. The lowest BCUT2D eigenvalue weighted by molar-refractivity contribution is -0.140. The molecule has 1 aliphatic carbocycles. The second-order valence-electron chi connectivity index (χ2n) is 13.2. The number of carbonyl (C=O) groups excluding carboxylic acids is 2. The van der Waals surface area contributed by atoms with E-state index in [-0.39, 0.29) is 90.3 Å². The number of rotatable bonds is 7. The molecule has 6 rings (SSSR count). The smallest absolute Gasteiger partial charge is 0.276 e. The van der Waals surface area contributed by atoms with Gasteiger partial charge in [0.1, 0.15) is 11.0 Å². The molecular formula is C32H42ClF2N7O4S. The maximum atomic E-state index is 16.0. The molecule has 47 heavy (non-hydrogen) atoms. The molecule has 11 nitrogen and oxygen atoms in total. The van der Waals surface area contributed by atoms with Crippen molar-refractivity contribution in [1.29, 1.82) is 0 Å². The summed E-state index contributed by atoms with van der Waals surface area (Å²) >= 11 is 6.27. The number of amides is 2. The zero-order chi connectivity index (χ0) is 33.5. The first-order valence-corrected chi connectivity index (χ1v) is 18.2. The Hall–Kier alpha value is -2.91. The largest absolute Gasteiger partial charge is 0.354 e. The summed E-state index contributed by atoms with van der Waals surface area (Å²) in [4.78, 5) is 34.7. The Balaban J connectivity index is 1.07. The van der Waals surface area contributed by atoms with Crippen LogP contribution in [0.4, 0.5) is 20.3 Å². The number of carbonyl (C=O) groups is 2. The fourth-order valence-corrected chi connectivity index (χ4v) is 9.05. The Kier molecular flexibility index (Phi) is 9.79. The number of piperidine rings is 1. The van der Waals surface area contributed by atoms with Gasteiger partial charge in [-0.2, -0.15) is 4.31 Å². The predicted octanol–water partition coefficient (Wildman–Crippen LogP) is 3.16. The molecule has 0 radical (unpaired) electrons. The highest BCUT2D eigenvalue weighted by Gasteiger charge is 2.45. The summed E-state index contributed by atoms with van der Waals surface area (Å²) in [5.74, 6) is -4.23. The van der Waals surface area contributed by atoms with E-state index in [1.165, 1.54) is 28.6 Å². The third-order valence-corrected chi connectivity index (χ3v) is 12.1. The van der Waals surface area contributed by atoms with Crippen molar-refractivity contribution in [1.82, 2.24) is 14.2 Å². The molecule has 2 aromatic rings. The minimum atomic E-state index is -3.80. The maximum Gasteiger partial charge on any atom is 0.276 e. The molecule has 1 saturated carbocycles. The number of hydrogen-bond acceptors (Lipinski definition) is 8. The summed E-state index contributed by atoms with van der Waals surface area (Å²) in [5.41, 5.74) is 12.5. The molecule has 4 aliphatic rings.